The molecular weight excluding hydrogens is 100 g/mol. The second-order valence-corrected chi connectivity index (χ2v) is 3.40. The van der Waals surface area contributed by atoms with Crippen molar-refractivity contribution in [2.45, 2.75) is 30.8 Å². The summed E-state index contributed by atoms with van der Waals surface area (Å²) in [7, 11) is 0. The van der Waals surface area contributed by atoms with Crippen LogP contribution in [-0.4, -0.2) is 11.6 Å². The molecule has 0 saturated heterocycles. The van der Waals surface area contributed by atoms with Gasteiger partial charge in [0.1, 0.15) is 0 Å². The molecule has 2 heteroatoms. The summed E-state index contributed by atoms with van der Waals surface area (Å²) >= 11 is 0. The van der Waals surface area contributed by atoms with Crippen LogP contribution in [-0.2, 0) is 0 Å². The van der Waals surface area contributed by atoms with E-state index in [1.54, 1.807) is 0 Å². The van der Waals surface area contributed by atoms with E-state index in [1.807, 2.05) is 0 Å². The zero-order valence-electron chi connectivity index (χ0n) is 4.93. The Bertz CT molecular complexity index is 116. The van der Waals surface area contributed by atoms with Gasteiger partial charge in [0, 0.05) is 11.6 Å². The first-order chi connectivity index (χ1) is 3.70. The van der Waals surface area contributed by atoms with Gasteiger partial charge in [-0.25, -0.2) is 0 Å². The predicted octanol–water partition coefficient (Wildman–Crippen LogP) is -0.175. The molecule has 2 bridgehead atoms. The van der Waals surface area contributed by atoms with Gasteiger partial charge in [0.15, 0.2) is 0 Å². The van der Waals surface area contributed by atoms with Crippen LogP contribution < -0.4 is 11.5 Å². The summed E-state index contributed by atoms with van der Waals surface area (Å²) in [6, 6.07) is 0.431. The maximum Gasteiger partial charge on any atom is 0.0175 e. The molecule has 0 amide bonds. The molecule has 0 aromatic rings. The molecule has 3 rings (SSSR count). The highest BCUT2D eigenvalue weighted by Crippen LogP contribution is 2.49. The zero-order chi connectivity index (χ0) is 5.78. The topological polar surface area (TPSA) is 52.0 Å². The van der Waals surface area contributed by atoms with Crippen molar-refractivity contribution in [1.29, 1.82) is 0 Å². The Labute approximate surface area is 49.2 Å². The van der Waals surface area contributed by atoms with Gasteiger partial charge < -0.3 is 11.5 Å². The van der Waals surface area contributed by atoms with Gasteiger partial charge in [0.05, 0.1) is 0 Å². The number of fused-ring (bicyclic) bond motifs is 1. The molecule has 0 aliphatic heterocycles. The fourth-order valence-corrected chi connectivity index (χ4v) is 2.09. The summed E-state index contributed by atoms with van der Waals surface area (Å²) in [5.74, 6) is 0.778. The molecule has 1 atom stereocenters. The van der Waals surface area contributed by atoms with E-state index >= 15 is 0 Å². The van der Waals surface area contributed by atoms with E-state index in [0.29, 0.717) is 6.04 Å². The molecule has 0 spiro atoms. The summed E-state index contributed by atoms with van der Waals surface area (Å²) in [4.78, 5) is 0. The van der Waals surface area contributed by atoms with Crippen LogP contribution in [0.3, 0.4) is 0 Å². The van der Waals surface area contributed by atoms with Crippen molar-refractivity contribution in [3.05, 3.63) is 0 Å². The minimum absolute atomic E-state index is 0.185. The van der Waals surface area contributed by atoms with Crippen LogP contribution in [0, 0.1) is 5.92 Å². The Morgan fingerprint density at radius 1 is 1.25 bits per heavy atom. The first kappa shape index (κ1) is 4.77. The zero-order valence-corrected chi connectivity index (χ0v) is 4.93. The fourth-order valence-electron chi connectivity index (χ4n) is 2.09. The predicted molar refractivity (Wildman–Crippen MR) is 32.2 cm³/mol. The molecule has 0 aromatic heterocycles. The van der Waals surface area contributed by atoms with E-state index in [2.05, 4.69) is 0 Å². The van der Waals surface area contributed by atoms with E-state index < -0.39 is 0 Å². The number of hydrogen-bond acceptors (Lipinski definition) is 2. The van der Waals surface area contributed by atoms with Crippen LogP contribution in [0.15, 0.2) is 0 Å². The van der Waals surface area contributed by atoms with Crippen molar-refractivity contribution >= 4 is 0 Å². The van der Waals surface area contributed by atoms with Crippen molar-refractivity contribution in [2.24, 2.45) is 17.4 Å². The van der Waals surface area contributed by atoms with Gasteiger partial charge in [0.2, 0.25) is 0 Å². The number of nitrogens with two attached hydrogens (primary N) is 2. The molecule has 3 aliphatic rings. The second kappa shape index (κ2) is 1.09. The molecule has 2 nitrogen and oxygen atoms in total. The Balaban J connectivity index is 2.17. The minimum Gasteiger partial charge on any atom is -0.327 e. The quantitative estimate of drug-likeness (QED) is 0.457. The lowest BCUT2D eigenvalue weighted by molar-refractivity contribution is 0.243. The maximum absolute atomic E-state index is 5.85. The Morgan fingerprint density at radius 3 is 2.00 bits per heavy atom. The van der Waals surface area contributed by atoms with Crippen LogP contribution in [0.2, 0.25) is 0 Å². The van der Waals surface area contributed by atoms with Crippen LogP contribution in [0.1, 0.15) is 19.3 Å². The van der Waals surface area contributed by atoms with Gasteiger partial charge >= 0.3 is 0 Å². The number of hydrogen-bond donors (Lipinski definition) is 2. The van der Waals surface area contributed by atoms with Crippen LogP contribution in [0.5, 0.6) is 0 Å². The van der Waals surface area contributed by atoms with Crippen molar-refractivity contribution in [3.63, 3.8) is 0 Å². The fraction of sp³-hybridized carbons (Fsp3) is 1.00. The molecule has 0 aromatic carbocycles. The first-order valence-corrected chi connectivity index (χ1v) is 3.24. The van der Waals surface area contributed by atoms with Crippen molar-refractivity contribution < 1.29 is 0 Å². The average molecular weight is 112 g/mol. The van der Waals surface area contributed by atoms with Crippen molar-refractivity contribution in [1.82, 2.24) is 0 Å². The summed E-state index contributed by atoms with van der Waals surface area (Å²) in [6.07, 6.45) is 3.44. The third kappa shape index (κ3) is 0.400. The largest absolute Gasteiger partial charge is 0.327 e. The minimum atomic E-state index is 0.185. The molecule has 4 N–H and O–H groups in total. The summed E-state index contributed by atoms with van der Waals surface area (Å²) < 4.78 is 0. The first-order valence-electron chi connectivity index (χ1n) is 3.24. The highest BCUT2D eigenvalue weighted by atomic mass is 14.9. The van der Waals surface area contributed by atoms with E-state index in [-0.39, 0.29) is 5.54 Å². The van der Waals surface area contributed by atoms with E-state index in [0.717, 1.165) is 12.3 Å². The van der Waals surface area contributed by atoms with Gasteiger partial charge in [-0.3, -0.25) is 0 Å². The number of rotatable bonds is 0. The second-order valence-electron chi connectivity index (χ2n) is 3.40. The molecule has 3 aliphatic carbocycles. The molecule has 3 fully saturated rings. The van der Waals surface area contributed by atoms with Gasteiger partial charge in [-0.2, -0.15) is 0 Å². The normalized spacial score (nSPS) is 60.8. The summed E-state index contributed by atoms with van der Waals surface area (Å²) in [5, 5.41) is 0. The Hall–Kier alpha value is -0.0800. The van der Waals surface area contributed by atoms with E-state index in [1.165, 1.54) is 12.8 Å². The van der Waals surface area contributed by atoms with Crippen LogP contribution in [0.4, 0.5) is 0 Å². The Morgan fingerprint density at radius 2 is 1.88 bits per heavy atom. The third-order valence-corrected chi connectivity index (χ3v) is 2.59. The lowest BCUT2D eigenvalue weighted by Gasteiger charge is -2.34. The third-order valence-electron chi connectivity index (χ3n) is 2.59. The molecule has 8 heavy (non-hydrogen) atoms. The lowest BCUT2D eigenvalue weighted by Crippen LogP contribution is -2.44. The Kier molecular flexibility index (Phi) is 0.649. The molecule has 46 valence electrons. The SMILES string of the molecule is NC1CC2(N)CC1C2. The molecule has 0 heterocycles. The molecule has 0 radical (unpaired) electrons. The molecule has 3 saturated carbocycles. The van der Waals surface area contributed by atoms with Crippen LogP contribution >= 0.6 is 0 Å². The summed E-state index contributed by atoms with van der Waals surface area (Å²) in [6.45, 7) is 0. The average Bonchev–Trinajstić information content (AvgIpc) is 1.88. The van der Waals surface area contributed by atoms with Crippen molar-refractivity contribution in [3.8, 4) is 0 Å². The lowest BCUT2D eigenvalue weighted by atomic mass is 9.78. The standard InChI is InChI=1S/C6H12N2/c7-5-3-6(8)1-4(5)2-6/h4-5H,1-3,7-8H2. The summed E-state index contributed by atoms with van der Waals surface area (Å²) in [5.41, 5.74) is 11.8. The molecule has 1 unspecified atom stereocenters. The highest BCUT2D eigenvalue weighted by molar-refractivity contribution is 5.11. The van der Waals surface area contributed by atoms with Gasteiger partial charge in [-0.05, 0) is 25.2 Å². The van der Waals surface area contributed by atoms with Gasteiger partial charge in [-0.1, -0.05) is 0 Å². The van der Waals surface area contributed by atoms with Crippen LogP contribution in [0.25, 0.3) is 0 Å². The van der Waals surface area contributed by atoms with Gasteiger partial charge in [-0.15, -0.1) is 0 Å². The monoisotopic (exact) mass is 112 g/mol. The van der Waals surface area contributed by atoms with Gasteiger partial charge in [0.25, 0.3) is 0 Å². The van der Waals surface area contributed by atoms with E-state index in [4.69, 9.17) is 11.5 Å². The molecular formula is C6H12N2. The highest BCUT2D eigenvalue weighted by Gasteiger charge is 2.51. The maximum atomic E-state index is 5.85. The van der Waals surface area contributed by atoms with E-state index in [9.17, 15) is 0 Å². The van der Waals surface area contributed by atoms with Crippen molar-refractivity contribution in [2.75, 3.05) is 0 Å². The smallest absolute Gasteiger partial charge is 0.0175 e.